The second-order valence-corrected chi connectivity index (χ2v) is 7.38. The van der Waals surface area contributed by atoms with Crippen molar-refractivity contribution in [2.75, 3.05) is 13.1 Å². The maximum absolute atomic E-state index is 12.1. The number of hydrogen-bond donors (Lipinski definition) is 6. The van der Waals surface area contributed by atoms with Gasteiger partial charge < -0.3 is 30.6 Å². The van der Waals surface area contributed by atoms with Gasteiger partial charge in [-0.05, 0) is 18.6 Å². The number of fused-ring (bicyclic) bond motifs is 1. The predicted molar refractivity (Wildman–Crippen MR) is 118 cm³/mol. The number of aliphatic hydroxyl groups is 1. The summed E-state index contributed by atoms with van der Waals surface area (Å²) in [5, 5.41) is 36.3. The number of phenols is 2. The van der Waals surface area contributed by atoms with Crippen molar-refractivity contribution in [1.82, 2.24) is 26.3 Å². The van der Waals surface area contributed by atoms with Crippen molar-refractivity contribution >= 4 is 11.7 Å². The number of carbonyl (C=O) groups excluding carboxylic acids is 1. The molecule has 6 N–H and O–H groups in total. The van der Waals surface area contributed by atoms with E-state index in [9.17, 15) is 20.1 Å². The van der Waals surface area contributed by atoms with Gasteiger partial charge in [0.25, 0.3) is 0 Å². The van der Waals surface area contributed by atoms with Crippen LogP contribution in [0.5, 0.6) is 11.5 Å². The van der Waals surface area contributed by atoms with Crippen molar-refractivity contribution in [3.8, 4) is 22.9 Å². The molecule has 1 aliphatic heterocycles. The summed E-state index contributed by atoms with van der Waals surface area (Å²) in [5.41, 5.74) is 7.32. The van der Waals surface area contributed by atoms with Crippen LogP contribution in [0, 0.1) is 0 Å². The molecule has 2 aromatic carbocycles. The molecule has 3 aromatic rings. The van der Waals surface area contributed by atoms with Crippen LogP contribution in [0.1, 0.15) is 36.1 Å². The molecule has 1 aliphatic rings. The number of aliphatic imine (C=N–C) groups is 1. The monoisotopic (exact) mass is 452 g/mol. The molecule has 2 heterocycles. The molecule has 0 spiro atoms. The topological polar surface area (TPSA) is 165 Å². The summed E-state index contributed by atoms with van der Waals surface area (Å²) in [4.78, 5) is 20.7. The van der Waals surface area contributed by atoms with Crippen molar-refractivity contribution in [3.05, 3.63) is 59.5 Å². The Kier molecular flexibility index (Phi) is 6.81. The minimum absolute atomic E-state index is 0.0556. The van der Waals surface area contributed by atoms with E-state index in [1.807, 2.05) is 24.3 Å². The second kappa shape index (κ2) is 10.1. The number of aromatic nitrogens is 2. The van der Waals surface area contributed by atoms with Crippen LogP contribution in [0.3, 0.4) is 0 Å². The highest BCUT2D eigenvalue weighted by Gasteiger charge is 2.21. The number of benzene rings is 2. The third kappa shape index (κ3) is 5.27. The van der Waals surface area contributed by atoms with Gasteiger partial charge in [0.05, 0.1) is 0 Å². The van der Waals surface area contributed by atoms with Gasteiger partial charge in [-0.3, -0.25) is 9.79 Å². The summed E-state index contributed by atoms with van der Waals surface area (Å²) >= 11 is 0. The van der Waals surface area contributed by atoms with Crippen LogP contribution in [-0.2, 0) is 11.2 Å². The van der Waals surface area contributed by atoms with Gasteiger partial charge >= 0.3 is 0 Å². The van der Waals surface area contributed by atoms with E-state index in [1.165, 1.54) is 18.2 Å². The summed E-state index contributed by atoms with van der Waals surface area (Å²) in [5.74, 6) is 0.430. The fraction of sp³-hybridized carbons (Fsp3) is 0.273. The molecule has 4 rings (SSSR count). The van der Waals surface area contributed by atoms with Crippen molar-refractivity contribution in [2.45, 2.75) is 25.5 Å². The van der Waals surface area contributed by atoms with E-state index in [1.54, 1.807) is 0 Å². The molecule has 0 saturated heterocycles. The molecule has 0 fully saturated rings. The first-order chi connectivity index (χ1) is 16.0. The van der Waals surface area contributed by atoms with Gasteiger partial charge in [-0.15, -0.1) is 0 Å². The molecule has 0 aliphatic carbocycles. The van der Waals surface area contributed by atoms with Crippen molar-refractivity contribution in [3.63, 3.8) is 0 Å². The van der Waals surface area contributed by atoms with E-state index in [2.05, 4.69) is 31.3 Å². The zero-order valence-corrected chi connectivity index (χ0v) is 17.7. The van der Waals surface area contributed by atoms with Crippen LogP contribution in [0.25, 0.3) is 11.4 Å². The molecule has 1 unspecified atom stereocenters. The van der Waals surface area contributed by atoms with Gasteiger partial charge in [0, 0.05) is 37.1 Å². The molecule has 11 nitrogen and oxygen atoms in total. The number of phenolic OH excluding ortho intramolecular Hbond substituents is 2. The Morgan fingerprint density at radius 1 is 1.15 bits per heavy atom. The van der Waals surface area contributed by atoms with Crippen LogP contribution in [0.15, 0.2) is 52.0 Å². The zero-order chi connectivity index (χ0) is 23.2. The number of amidine groups is 1. The summed E-state index contributed by atoms with van der Waals surface area (Å²) in [7, 11) is 0. The number of amides is 1. The number of nitrogens with zero attached hydrogens (tertiary/aromatic N) is 3. The lowest BCUT2D eigenvalue weighted by atomic mass is 10.0. The van der Waals surface area contributed by atoms with Crippen molar-refractivity contribution in [1.29, 1.82) is 0 Å². The Bertz CT molecular complexity index is 1140. The Labute approximate surface area is 189 Å². The van der Waals surface area contributed by atoms with Gasteiger partial charge in [-0.25, -0.2) is 5.43 Å². The molecule has 11 heteroatoms. The highest BCUT2D eigenvalue weighted by molar-refractivity contribution is 6.00. The van der Waals surface area contributed by atoms with Gasteiger partial charge in [0.1, 0.15) is 29.1 Å². The standard InChI is InChI=1S/C22H24N6O5/c29-15-7-3-8-16(30)19(15)21-25-18(33-28-21)10-9-17(31)23-11-4-12-24-20-13-5-1-2-6-14(13)22(32)27-26-20/h1-3,5-8,22,27,29-30,32H,4,9-12H2,(H,23,31)(H,24,26). The van der Waals surface area contributed by atoms with Gasteiger partial charge in [-0.1, -0.05) is 35.5 Å². The van der Waals surface area contributed by atoms with E-state index < -0.39 is 6.23 Å². The average Bonchev–Trinajstić information content (AvgIpc) is 3.27. The fourth-order valence-electron chi connectivity index (χ4n) is 3.38. The van der Waals surface area contributed by atoms with Crippen molar-refractivity contribution in [2.24, 2.45) is 4.99 Å². The van der Waals surface area contributed by atoms with E-state index in [4.69, 9.17) is 4.52 Å². The predicted octanol–water partition coefficient (Wildman–Crippen LogP) is 1.13. The molecular weight excluding hydrogens is 428 g/mol. The fourth-order valence-corrected chi connectivity index (χ4v) is 3.38. The van der Waals surface area contributed by atoms with Gasteiger partial charge in [0.15, 0.2) is 0 Å². The van der Waals surface area contributed by atoms with E-state index in [-0.39, 0.29) is 47.5 Å². The molecule has 33 heavy (non-hydrogen) atoms. The van der Waals surface area contributed by atoms with Gasteiger partial charge in [-0.2, -0.15) is 4.98 Å². The molecule has 1 atom stereocenters. The Hall–Kier alpha value is -3.96. The number of nitrogens with one attached hydrogen (secondary N) is 3. The summed E-state index contributed by atoms with van der Waals surface area (Å²) in [6.07, 6.45) is 0.224. The van der Waals surface area contributed by atoms with E-state index in [0.717, 1.165) is 11.1 Å². The zero-order valence-electron chi connectivity index (χ0n) is 17.7. The number of hydrogen-bond acceptors (Lipinski definition) is 9. The maximum Gasteiger partial charge on any atom is 0.227 e. The molecule has 172 valence electrons. The van der Waals surface area contributed by atoms with Crippen LogP contribution in [0.2, 0.25) is 0 Å². The quantitative estimate of drug-likeness (QED) is 0.275. The highest BCUT2D eigenvalue weighted by Crippen LogP contribution is 2.34. The number of aliphatic hydroxyl groups excluding tert-OH is 1. The Morgan fingerprint density at radius 3 is 2.76 bits per heavy atom. The first-order valence-electron chi connectivity index (χ1n) is 10.5. The molecule has 0 radical (unpaired) electrons. The van der Waals surface area contributed by atoms with E-state index >= 15 is 0 Å². The lowest BCUT2D eigenvalue weighted by Gasteiger charge is -2.25. The van der Waals surface area contributed by atoms with Crippen LogP contribution in [-0.4, -0.2) is 50.3 Å². The number of aromatic hydroxyl groups is 2. The van der Waals surface area contributed by atoms with Crippen LogP contribution >= 0.6 is 0 Å². The number of hydrazine groups is 1. The minimum atomic E-state index is -0.793. The molecular formula is C22H24N6O5. The molecule has 0 bridgehead atoms. The third-order valence-corrected chi connectivity index (χ3v) is 5.04. The highest BCUT2D eigenvalue weighted by atomic mass is 16.5. The summed E-state index contributed by atoms with van der Waals surface area (Å²) in [6.45, 7) is 0.944. The lowest BCUT2D eigenvalue weighted by molar-refractivity contribution is -0.121. The SMILES string of the molecule is O=C(CCc1nc(-c2c(O)cccc2O)no1)NCCCN=C1NNC(O)c2ccccc21. The Balaban J connectivity index is 1.21. The number of aryl methyl sites for hydroxylation is 1. The summed E-state index contributed by atoms with van der Waals surface area (Å²) < 4.78 is 5.11. The number of carbonyl (C=O) groups is 1. The summed E-state index contributed by atoms with van der Waals surface area (Å²) in [6, 6.07) is 11.8. The van der Waals surface area contributed by atoms with Crippen molar-refractivity contribution < 1.29 is 24.6 Å². The molecule has 0 saturated carbocycles. The largest absolute Gasteiger partial charge is 0.507 e. The average molecular weight is 452 g/mol. The third-order valence-electron chi connectivity index (χ3n) is 5.04. The minimum Gasteiger partial charge on any atom is -0.507 e. The molecule has 1 amide bonds. The second-order valence-electron chi connectivity index (χ2n) is 7.38. The van der Waals surface area contributed by atoms with E-state index in [0.29, 0.717) is 25.3 Å². The molecule has 1 aromatic heterocycles. The lowest BCUT2D eigenvalue weighted by Crippen LogP contribution is -2.45. The van der Waals surface area contributed by atoms with Crippen LogP contribution < -0.4 is 16.2 Å². The van der Waals surface area contributed by atoms with Gasteiger partial charge in [0.2, 0.25) is 17.6 Å². The smallest absolute Gasteiger partial charge is 0.227 e. The first kappa shape index (κ1) is 22.2. The number of rotatable bonds is 8. The Morgan fingerprint density at radius 2 is 1.94 bits per heavy atom. The van der Waals surface area contributed by atoms with Crippen LogP contribution in [0.4, 0.5) is 0 Å². The normalized spacial score (nSPS) is 16.3. The maximum atomic E-state index is 12.1. The first-order valence-corrected chi connectivity index (χ1v) is 10.5.